The monoisotopic (exact) mass is 228 g/mol. The van der Waals surface area contributed by atoms with Crippen molar-refractivity contribution < 1.29 is 4.74 Å². The number of thiol groups is 1. The van der Waals surface area contributed by atoms with Gasteiger partial charge in [0.15, 0.2) is 0 Å². The van der Waals surface area contributed by atoms with E-state index < -0.39 is 0 Å². The molecule has 14 heavy (non-hydrogen) atoms. The lowest BCUT2D eigenvalue weighted by Gasteiger charge is -1.92. The highest BCUT2D eigenvalue weighted by Crippen LogP contribution is 1.96. The Balaban J connectivity index is 0.000000255. The zero-order chi connectivity index (χ0) is 10.8. The van der Waals surface area contributed by atoms with Gasteiger partial charge in [-0.25, -0.2) is 0 Å². The summed E-state index contributed by atoms with van der Waals surface area (Å²) in [6, 6.07) is 10.5. The molecule has 1 aromatic rings. The Morgan fingerprint density at radius 1 is 1.29 bits per heavy atom. The molecule has 0 radical (unpaired) electrons. The molecule has 0 heterocycles. The molecule has 1 aromatic carbocycles. The fourth-order valence-corrected chi connectivity index (χ4v) is 1.08. The molecule has 0 spiro atoms. The summed E-state index contributed by atoms with van der Waals surface area (Å²) in [5, 5.41) is 0. The Morgan fingerprint density at radius 2 is 1.86 bits per heavy atom. The van der Waals surface area contributed by atoms with E-state index in [-0.39, 0.29) is 0 Å². The highest BCUT2D eigenvalue weighted by atomic mass is 32.1. The highest BCUT2D eigenvalue weighted by Gasteiger charge is 1.80. The first-order valence-electron chi connectivity index (χ1n) is 4.60. The molecule has 1 nitrogen and oxygen atoms in total. The minimum Gasteiger partial charge on any atom is -0.479 e. The Hall–Kier alpha value is -0.540. The van der Waals surface area contributed by atoms with Gasteiger partial charge in [0.05, 0.1) is 6.61 Å². The summed E-state index contributed by atoms with van der Waals surface area (Å²) >= 11 is 8.12. The van der Waals surface area contributed by atoms with Crippen LogP contribution in [-0.2, 0) is 11.2 Å². The third-order valence-electron chi connectivity index (χ3n) is 1.52. The molecule has 0 atom stereocenters. The summed E-state index contributed by atoms with van der Waals surface area (Å²) in [7, 11) is 0. The summed E-state index contributed by atoms with van der Waals surface area (Å²) in [5.41, 5.74) is 1.41. The maximum absolute atomic E-state index is 4.64. The van der Waals surface area contributed by atoms with Crippen LogP contribution < -0.4 is 0 Å². The van der Waals surface area contributed by atoms with Gasteiger partial charge >= 0.3 is 0 Å². The van der Waals surface area contributed by atoms with Crippen LogP contribution in [0, 0.1) is 0 Å². The lowest BCUT2D eigenvalue weighted by Crippen LogP contribution is -1.89. The summed E-state index contributed by atoms with van der Waals surface area (Å²) in [6.07, 6.45) is 1.14. The van der Waals surface area contributed by atoms with E-state index in [2.05, 4.69) is 60.8 Å². The van der Waals surface area contributed by atoms with Crippen molar-refractivity contribution in [2.75, 3.05) is 6.61 Å². The van der Waals surface area contributed by atoms with Crippen LogP contribution in [0.1, 0.15) is 19.4 Å². The number of benzene rings is 1. The van der Waals surface area contributed by atoms with E-state index in [1.807, 2.05) is 13.0 Å². The Kier molecular flexibility index (Phi) is 8.68. The van der Waals surface area contributed by atoms with Crippen molar-refractivity contribution in [2.45, 2.75) is 20.3 Å². The van der Waals surface area contributed by atoms with Crippen molar-refractivity contribution in [2.24, 2.45) is 0 Å². The number of aryl methyl sites for hydroxylation is 1. The van der Waals surface area contributed by atoms with Gasteiger partial charge in [-0.15, -0.1) is 0 Å². The van der Waals surface area contributed by atoms with Crippen LogP contribution in [0.25, 0.3) is 0 Å². The second-order valence-corrected chi connectivity index (χ2v) is 3.62. The average molecular weight is 228 g/mol. The van der Waals surface area contributed by atoms with Gasteiger partial charge in [0, 0.05) is 0 Å². The van der Waals surface area contributed by atoms with Crippen LogP contribution in [-0.4, -0.2) is 11.0 Å². The second-order valence-electron chi connectivity index (χ2n) is 2.54. The van der Waals surface area contributed by atoms with Crippen LogP contribution in [0.4, 0.5) is 0 Å². The van der Waals surface area contributed by atoms with Crippen LogP contribution in [0.2, 0.25) is 0 Å². The number of ether oxygens (including phenoxy) is 1. The van der Waals surface area contributed by atoms with Gasteiger partial charge in [-0.3, -0.25) is 0 Å². The van der Waals surface area contributed by atoms with Crippen molar-refractivity contribution in [3.05, 3.63) is 35.9 Å². The molecule has 0 saturated heterocycles. The van der Waals surface area contributed by atoms with Crippen LogP contribution >= 0.6 is 24.8 Å². The lowest BCUT2D eigenvalue weighted by molar-refractivity contribution is 0.346. The summed E-state index contributed by atoms with van der Waals surface area (Å²) in [4.78, 5) is 0. The number of hydrogen-bond acceptors (Lipinski definition) is 2. The third-order valence-corrected chi connectivity index (χ3v) is 1.77. The zero-order valence-electron chi connectivity index (χ0n) is 8.56. The number of thiocarbonyl (C=S) groups is 1. The van der Waals surface area contributed by atoms with Crippen molar-refractivity contribution in [1.29, 1.82) is 0 Å². The van der Waals surface area contributed by atoms with Crippen molar-refractivity contribution in [1.82, 2.24) is 0 Å². The third kappa shape index (κ3) is 8.08. The predicted octanol–water partition coefficient (Wildman–Crippen LogP) is 3.49. The molecule has 0 unspecified atom stereocenters. The lowest BCUT2D eigenvalue weighted by atomic mass is 10.2. The zero-order valence-corrected chi connectivity index (χ0v) is 10.3. The molecule has 0 amide bonds. The Labute approximate surface area is 96.9 Å². The summed E-state index contributed by atoms with van der Waals surface area (Å²) in [5.74, 6) is 0. The van der Waals surface area contributed by atoms with Crippen LogP contribution in [0.5, 0.6) is 0 Å². The topological polar surface area (TPSA) is 9.23 Å². The fourth-order valence-electron chi connectivity index (χ4n) is 0.837. The van der Waals surface area contributed by atoms with E-state index in [1.54, 1.807) is 0 Å². The SMILES string of the molecule is CCOC(=S)S.CCc1ccccc1. The van der Waals surface area contributed by atoms with E-state index >= 15 is 0 Å². The normalized spacial score (nSPS) is 8.50. The summed E-state index contributed by atoms with van der Waals surface area (Å²) < 4.78 is 4.95. The maximum atomic E-state index is 4.64. The van der Waals surface area contributed by atoms with E-state index in [4.69, 9.17) is 0 Å². The van der Waals surface area contributed by atoms with Crippen LogP contribution in [0.3, 0.4) is 0 Å². The van der Waals surface area contributed by atoms with Gasteiger partial charge in [0.2, 0.25) is 4.38 Å². The molecular weight excluding hydrogens is 212 g/mol. The first-order valence-corrected chi connectivity index (χ1v) is 5.45. The standard InChI is InChI=1S/C8H10.C3H6OS2/c1-2-8-6-4-3-5-7-8;1-2-4-3(5)6/h3-7H,2H2,1H3;2H2,1H3,(H,5,6). The molecule has 0 N–H and O–H groups in total. The maximum Gasteiger partial charge on any atom is 0.216 e. The molecule has 0 aliphatic rings. The van der Waals surface area contributed by atoms with Gasteiger partial charge < -0.3 is 4.74 Å². The number of rotatable bonds is 2. The predicted molar refractivity (Wildman–Crippen MR) is 69.0 cm³/mol. The molecule has 1 rings (SSSR count). The fraction of sp³-hybridized carbons (Fsp3) is 0.364. The summed E-state index contributed by atoms with van der Waals surface area (Å²) in [6.45, 7) is 4.64. The average Bonchev–Trinajstić information content (AvgIpc) is 2.20. The molecule has 0 aliphatic heterocycles. The largest absolute Gasteiger partial charge is 0.479 e. The minimum atomic E-state index is 0.317. The van der Waals surface area contributed by atoms with E-state index in [0.29, 0.717) is 11.0 Å². The Morgan fingerprint density at radius 3 is 2.07 bits per heavy atom. The highest BCUT2D eigenvalue weighted by molar-refractivity contribution is 8.10. The first-order chi connectivity index (χ1) is 6.70. The quantitative estimate of drug-likeness (QED) is 0.613. The Bertz CT molecular complexity index is 247. The molecular formula is C11H16OS2. The smallest absolute Gasteiger partial charge is 0.216 e. The first kappa shape index (κ1) is 13.5. The van der Waals surface area contributed by atoms with E-state index in [0.717, 1.165) is 6.42 Å². The van der Waals surface area contributed by atoms with Gasteiger partial charge in [-0.05, 0) is 31.1 Å². The molecule has 3 heteroatoms. The molecule has 0 aromatic heterocycles. The minimum absolute atomic E-state index is 0.317. The van der Waals surface area contributed by atoms with Crippen molar-refractivity contribution >= 4 is 29.2 Å². The molecule has 78 valence electrons. The van der Waals surface area contributed by atoms with Gasteiger partial charge in [0.1, 0.15) is 0 Å². The van der Waals surface area contributed by atoms with Gasteiger partial charge in [0.25, 0.3) is 0 Å². The van der Waals surface area contributed by atoms with Crippen molar-refractivity contribution in [3.63, 3.8) is 0 Å². The second kappa shape index (κ2) is 9.03. The molecule has 0 fully saturated rings. The molecule has 0 bridgehead atoms. The van der Waals surface area contributed by atoms with Gasteiger partial charge in [-0.2, -0.15) is 0 Å². The van der Waals surface area contributed by atoms with E-state index in [9.17, 15) is 0 Å². The van der Waals surface area contributed by atoms with E-state index in [1.165, 1.54) is 5.56 Å². The molecule has 0 aliphatic carbocycles. The van der Waals surface area contributed by atoms with Crippen LogP contribution in [0.15, 0.2) is 30.3 Å². The molecule has 0 saturated carbocycles. The van der Waals surface area contributed by atoms with Gasteiger partial charge in [-0.1, -0.05) is 49.9 Å². The van der Waals surface area contributed by atoms with Crippen molar-refractivity contribution in [3.8, 4) is 0 Å². The number of hydrogen-bond donors (Lipinski definition) is 1.